The monoisotopic (exact) mass is 179 g/mol. The van der Waals surface area contributed by atoms with Gasteiger partial charge >= 0.3 is 0 Å². The lowest BCUT2D eigenvalue weighted by Crippen LogP contribution is -2.17. The fraction of sp³-hybridized carbons (Fsp3) is 0.364. The minimum atomic E-state index is 0.0191. The first-order valence-corrected chi connectivity index (χ1v) is 4.27. The van der Waals surface area contributed by atoms with Gasteiger partial charge in [0.1, 0.15) is 0 Å². The zero-order valence-electron chi connectivity index (χ0n) is 8.55. The summed E-state index contributed by atoms with van der Waals surface area (Å²) in [4.78, 5) is 11.1. The standard InChI is InChI=1S/C11H17NO/c1-5-6-10(7-9(2)3)8-11(13)12-4/h5-7H,1,8H2,2-4H3,(H,12,13)/b10-6+. The van der Waals surface area contributed by atoms with Gasteiger partial charge in [-0.3, -0.25) is 4.79 Å². The van der Waals surface area contributed by atoms with Crippen molar-refractivity contribution < 1.29 is 4.79 Å². The Balaban J connectivity index is 4.45. The minimum Gasteiger partial charge on any atom is -0.359 e. The molecule has 2 nitrogen and oxygen atoms in total. The summed E-state index contributed by atoms with van der Waals surface area (Å²) < 4.78 is 0. The van der Waals surface area contributed by atoms with Crippen LogP contribution in [0.15, 0.2) is 36.0 Å². The highest BCUT2D eigenvalue weighted by molar-refractivity contribution is 5.78. The number of carbonyl (C=O) groups is 1. The second-order valence-electron chi connectivity index (χ2n) is 3.05. The van der Waals surface area contributed by atoms with Gasteiger partial charge in [-0.2, -0.15) is 0 Å². The van der Waals surface area contributed by atoms with Crippen LogP contribution in [0, 0.1) is 0 Å². The van der Waals surface area contributed by atoms with E-state index in [1.54, 1.807) is 13.1 Å². The van der Waals surface area contributed by atoms with Crippen LogP contribution in [-0.4, -0.2) is 13.0 Å². The summed E-state index contributed by atoms with van der Waals surface area (Å²) in [6.07, 6.45) is 5.94. The van der Waals surface area contributed by atoms with E-state index in [-0.39, 0.29) is 5.91 Å². The van der Waals surface area contributed by atoms with Gasteiger partial charge in [0.05, 0.1) is 6.42 Å². The molecule has 0 saturated heterocycles. The van der Waals surface area contributed by atoms with Crippen molar-refractivity contribution in [3.8, 4) is 0 Å². The summed E-state index contributed by atoms with van der Waals surface area (Å²) in [6.45, 7) is 7.61. The zero-order valence-corrected chi connectivity index (χ0v) is 8.55. The fourth-order valence-corrected chi connectivity index (χ4v) is 0.954. The maximum absolute atomic E-state index is 11.1. The van der Waals surface area contributed by atoms with E-state index < -0.39 is 0 Å². The first kappa shape index (κ1) is 11.7. The number of hydrogen-bond acceptors (Lipinski definition) is 1. The van der Waals surface area contributed by atoms with Crippen molar-refractivity contribution in [1.29, 1.82) is 0 Å². The molecular formula is C11H17NO. The number of amides is 1. The van der Waals surface area contributed by atoms with Crippen molar-refractivity contribution in [2.24, 2.45) is 0 Å². The number of carbonyl (C=O) groups excluding carboxylic acids is 1. The summed E-state index contributed by atoms with van der Waals surface area (Å²) in [5, 5.41) is 2.58. The van der Waals surface area contributed by atoms with Crippen LogP contribution in [-0.2, 0) is 4.79 Å². The molecule has 1 N–H and O–H groups in total. The Morgan fingerprint density at radius 1 is 1.46 bits per heavy atom. The van der Waals surface area contributed by atoms with Crippen molar-refractivity contribution in [3.63, 3.8) is 0 Å². The van der Waals surface area contributed by atoms with Gasteiger partial charge < -0.3 is 5.32 Å². The molecular weight excluding hydrogens is 162 g/mol. The molecule has 0 aliphatic carbocycles. The van der Waals surface area contributed by atoms with Gasteiger partial charge in [0.15, 0.2) is 0 Å². The predicted molar refractivity (Wildman–Crippen MR) is 56.4 cm³/mol. The molecule has 0 aromatic heterocycles. The molecule has 0 atom stereocenters. The van der Waals surface area contributed by atoms with Crippen LogP contribution in [0.2, 0.25) is 0 Å². The van der Waals surface area contributed by atoms with E-state index in [1.807, 2.05) is 26.0 Å². The van der Waals surface area contributed by atoms with Crippen LogP contribution in [0.4, 0.5) is 0 Å². The molecule has 0 saturated carbocycles. The summed E-state index contributed by atoms with van der Waals surface area (Å²) in [6, 6.07) is 0. The van der Waals surface area contributed by atoms with Gasteiger partial charge in [0.25, 0.3) is 0 Å². The molecule has 0 fully saturated rings. The maximum atomic E-state index is 11.1. The fourth-order valence-electron chi connectivity index (χ4n) is 0.954. The van der Waals surface area contributed by atoms with Crippen molar-refractivity contribution in [1.82, 2.24) is 5.32 Å². The smallest absolute Gasteiger partial charge is 0.224 e. The van der Waals surface area contributed by atoms with Crippen molar-refractivity contribution in [2.75, 3.05) is 7.05 Å². The normalized spacial score (nSPS) is 10.5. The van der Waals surface area contributed by atoms with Crippen molar-refractivity contribution in [3.05, 3.63) is 36.0 Å². The Morgan fingerprint density at radius 3 is 2.46 bits per heavy atom. The number of hydrogen-bond donors (Lipinski definition) is 1. The van der Waals surface area contributed by atoms with E-state index >= 15 is 0 Å². The summed E-state index contributed by atoms with van der Waals surface area (Å²) >= 11 is 0. The highest BCUT2D eigenvalue weighted by atomic mass is 16.1. The van der Waals surface area contributed by atoms with E-state index in [0.717, 1.165) is 5.57 Å². The van der Waals surface area contributed by atoms with E-state index in [4.69, 9.17) is 0 Å². The average molecular weight is 179 g/mol. The molecule has 0 aliphatic rings. The average Bonchev–Trinajstić information content (AvgIpc) is 2.03. The van der Waals surface area contributed by atoms with Gasteiger partial charge in [0.2, 0.25) is 5.91 Å². The molecule has 1 amide bonds. The quantitative estimate of drug-likeness (QED) is 0.659. The van der Waals surface area contributed by atoms with Gasteiger partial charge in [-0.05, 0) is 19.4 Å². The van der Waals surface area contributed by atoms with Crippen LogP contribution in [0.25, 0.3) is 0 Å². The molecule has 13 heavy (non-hydrogen) atoms. The predicted octanol–water partition coefficient (Wildman–Crippen LogP) is 2.20. The molecule has 0 spiro atoms. The third-order valence-corrected chi connectivity index (χ3v) is 1.45. The molecule has 0 rings (SSSR count). The molecule has 0 aromatic carbocycles. The van der Waals surface area contributed by atoms with Gasteiger partial charge in [-0.1, -0.05) is 30.4 Å². The van der Waals surface area contributed by atoms with Gasteiger partial charge in [-0.25, -0.2) is 0 Å². The maximum Gasteiger partial charge on any atom is 0.224 e. The lowest BCUT2D eigenvalue weighted by atomic mass is 10.1. The van der Waals surface area contributed by atoms with E-state index in [9.17, 15) is 4.79 Å². The van der Waals surface area contributed by atoms with E-state index in [0.29, 0.717) is 6.42 Å². The van der Waals surface area contributed by atoms with Gasteiger partial charge in [-0.15, -0.1) is 0 Å². The topological polar surface area (TPSA) is 29.1 Å². The number of nitrogens with one attached hydrogen (secondary N) is 1. The molecule has 0 aromatic rings. The van der Waals surface area contributed by atoms with E-state index in [2.05, 4.69) is 11.9 Å². The van der Waals surface area contributed by atoms with Crippen LogP contribution in [0.3, 0.4) is 0 Å². The second-order valence-corrected chi connectivity index (χ2v) is 3.05. The first-order chi connectivity index (χ1) is 6.10. The lowest BCUT2D eigenvalue weighted by Gasteiger charge is -2.01. The highest BCUT2D eigenvalue weighted by Gasteiger charge is 2.00. The molecule has 72 valence electrons. The van der Waals surface area contributed by atoms with Gasteiger partial charge in [0, 0.05) is 7.05 Å². The van der Waals surface area contributed by atoms with Crippen molar-refractivity contribution >= 4 is 5.91 Å². The van der Waals surface area contributed by atoms with Crippen LogP contribution in [0.5, 0.6) is 0 Å². The molecule has 0 radical (unpaired) electrons. The first-order valence-electron chi connectivity index (χ1n) is 4.27. The third-order valence-electron chi connectivity index (χ3n) is 1.45. The Hall–Kier alpha value is -1.31. The molecule has 2 heteroatoms. The Kier molecular flexibility index (Phi) is 5.60. The lowest BCUT2D eigenvalue weighted by molar-refractivity contribution is -0.119. The largest absolute Gasteiger partial charge is 0.359 e. The third kappa shape index (κ3) is 5.91. The van der Waals surface area contributed by atoms with Crippen LogP contribution < -0.4 is 5.32 Å². The molecule has 0 bridgehead atoms. The SMILES string of the molecule is C=C/C=C(\C=C(C)C)CC(=O)NC. The number of rotatable bonds is 4. The highest BCUT2D eigenvalue weighted by Crippen LogP contribution is 2.06. The van der Waals surface area contributed by atoms with Crippen LogP contribution >= 0.6 is 0 Å². The molecule has 0 aliphatic heterocycles. The molecule has 0 unspecified atom stereocenters. The Bertz CT molecular complexity index is 245. The summed E-state index contributed by atoms with van der Waals surface area (Å²) in [5.41, 5.74) is 2.16. The van der Waals surface area contributed by atoms with Crippen LogP contribution in [0.1, 0.15) is 20.3 Å². The zero-order chi connectivity index (χ0) is 10.3. The summed E-state index contributed by atoms with van der Waals surface area (Å²) in [7, 11) is 1.64. The minimum absolute atomic E-state index is 0.0191. The molecule has 0 heterocycles. The number of allylic oxidation sites excluding steroid dienone is 4. The Labute approximate surface area is 80.0 Å². The summed E-state index contributed by atoms with van der Waals surface area (Å²) in [5.74, 6) is 0.0191. The van der Waals surface area contributed by atoms with Crippen molar-refractivity contribution in [2.45, 2.75) is 20.3 Å². The second kappa shape index (κ2) is 6.23. The van der Waals surface area contributed by atoms with E-state index in [1.165, 1.54) is 5.57 Å². The Morgan fingerprint density at radius 2 is 2.08 bits per heavy atom.